The van der Waals surface area contributed by atoms with Gasteiger partial charge in [0.25, 0.3) is 0 Å². The first kappa shape index (κ1) is 14.5. The monoisotopic (exact) mass is 269 g/mol. The number of hydrogen-bond donors (Lipinski definition) is 3. The Morgan fingerprint density at radius 1 is 1.47 bits per heavy atom. The van der Waals surface area contributed by atoms with E-state index in [-0.39, 0.29) is 6.54 Å². The van der Waals surface area contributed by atoms with Gasteiger partial charge in [0.2, 0.25) is 5.91 Å². The van der Waals surface area contributed by atoms with Crippen LogP contribution in [0.1, 0.15) is 5.69 Å². The molecule has 9 heteroatoms. The second kappa shape index (κ2) is 6.38. The third-order valence-corrected chi connectivity index (χ3v) is 2.15. The number of urea groups is 1. The van der Waals surface area contributed by atoms with Crippen LogP contribution in [0.25, 0.3) is 0 Å². The number of primary amides is 1. The Morgan fingerprint density at radius 2 is 2.16 bits per heavy atom. The van der Waals surface area contributed by atoms with Gasteiger partial charge in [-0.1, -0.05) is 0 Å². The zero-order valence-corrected chi connectivity index (χ0v) is 10.4. The van der Waals surface area contributed by atoms with E-state index in [0.29, 0.717) is 5.69 Å². The standard InChI is InChI=1S/C10H15N5O4/c1-14-3-2-7(13-14)4-12-10(19)15(5-8(11)16)6-9(17)18/h2-3H,4-6H2,1H3,(H2,11,16)(H,12,19)(H,17,18). The van der Waals surface area contributed by atoms with Crippen molar-refractivity contribution in [1.29, 1.82) is 0 Å². The molecule has 0 bridgehead atoms. The maximum atomic E-state index is 11.7. The molecule has 0 aliphatic rings. The molecule has 19 heavy (non-hydrogen) atoms. The fourth-order valence-corrected chi connectivity index (χ4v) is 1.39. The highest BCUT2D eigenvalue weighted by atomic mass is 16.4. The zero-order valence-electron chi connectivity index (χ0n) is 10.4. The van der Waals surface area contributed by atoms with Gasteiger partial charge in [-0.2, -0.15) is 5.10 Å². The smallest absolute Gasteiger partial charge is 0.323 e. The average Bonchev–Trinajstić information content (AvgIpc) is 2.70. The van der Waals surface area contributed by atoms with E-state index < -0.39 is 31.0 Å². The van der Waals surface area contributed by atoms with Crippen molar-refractivity contribution in [3.63, 3.8) is 0 Å². The van der Waals surface area contributed by atoms with Crippen molar-refractivity contribution >= 4 is 17.9 Å². The fourth-order valence-electron chi connectivity index (χ4n) is 1.39. The summed E-state index contributed by atoms with van der Waals surface area (Å²) in [6.07, 6.45) is 1.71. The van der Waals surface area contributed by atoms with Crippen LogP contribution in [0, 0.1) is 0 Å². The molecule has 0 aliphatic heterocycles. The molecule has 3 amide bonds. The molecule has 1 aromatic rings. The quantitative estimate of drug-likeness (QED) is 0.578. The molecule has 9 nitrogen and oxygen atoms in total. The van der Waals surface area contributed by atoms with E-state index in [1.54, 1.807) is 24.0 Å². The molecule has 4 N–H and O–H groups in total. The summed E-state index contributed by atoms with van der Waals surface area (Å²) in [5.74, 6) is -2.01. The number of rotatable bonds is 6. The first-order valence-electron chi connectivity index (χ1n) is 5.40. The Kier molecular flexibility index (Phi) is 4.86. The molecular formula is C10H15N5O4. The number of carbonyl (C=O) groups excluding carboxylic acids is 2. The van der Waals surface area contributed by atoms with Gasteiger partial charge >= 0.3 is 12.0 Å². The predicted molar refractivity (Wildman–Crippen MR) is 63.8 cm³/mol. The number of amides is 3. The van der Waals surface area contributed by atoms with Crippen molar-refractivity contribution in [1.82, 2.24) is 20.0 Å². The van der Waals surface area contributed by atoms with Gasteiger partial charge in [-0.25, -0.2) is 4.79 Å². The molecule has 104 valence electrons. The van der Waals surface area contributed by atoms with Crippen LogP contribution in [0.4, 0.5) is 4.79 Å². The summed E-state index contributed by atoms with van der Waals surface area (Å²) in [7, 11) is 1.73. The lowest BCUT2D eigenvalue weighted by Gasteiger charge is -2.19. The Bertz CT molecular complexity index is 468. The van der Waals surface area contributed by atoms with Gasteiger partial charge in [-0.3, -0.25) is 14.3 Å². The van der Waals surface area contributed by atoms with E-state index in [2.05, 4.69) is 10.4 Å². The highest BCUT2D eigenvalue weighted by molar-refractivity contribution is 5.85. The second-order valence-electron chi connectivity index (χ2n) is 3.86. The minimum atomic E-state index is -1.23. The fraction of sp³-hybridized carbons (Fsp3) is 0.400. The molecule has 1 aromatic heterocycles. The van der Waals surface area contributed by atoms with Crippen LogP contribution >= 0.6 is 0 Å². The summed E-state index contributed by atoms with van der Waals surface area (Å²) < 4.78 is 1.57. The van der Waals surface area contributed by atoms with Crippen LogP contribution < -0.4 is 11.1 Å². The number of aliphatic carboxylic acids is 1. The van der Waals surface area contributed by atoms with Gasteiger partial charge in [0.1, 0.15) is 13.1 Å². The molecule has 1 heterocycles. The van der Waals surface area contributed by atoms with Gasteiger partial charge in [0.05, 0.1) is 12.2 Å². The van der Waals surface area contributed by atoms with E-state index in [9.17, 15) is 14.4 Å². The summed E-state index contributed by atoms with van der Waals surface area (Å²) in [6.45, 7) is -0.925. The van der Waals surface area contributed by atoms with Gasteiger partial charge in [0, 0.05) is 13.2 Å². The maximum absolute atomic E-state index is 11.7. The molecule has 0 spiro atoms. The summed E-state index contributed by atoms with van der Waals surface area (Å²) in [6, 6.07) is 1.02. The number of nitrogens with zero attached hydrogens (tertiary/aromatic N) is 3. The number of carboxylic acids is 1. The van der Waals surface area contributed by atoms with Gasteiger partial charge in [-0.15, -0.1) is 0 Å². The van der Waals surface area contributed by atoms with Crippen molar-refractivity contribution < 1.29 is 19.5 Å². The number of carbonyl (C=O) groups is 3. The molecular weight excluding hydrogens is 254 g/mol. The summed E-state index contributed by atoms with van der Waals surface area (Å²) in [5, 5.41) is 15.1. The highest BCUT2D eigenvalue weighted by Gasteiger charge is 2.18. The van der Waals surface area contributed by atoms with Crippen LogP contribution in [0.2, 0.25) is 0 Å². The van der Waals surface area contributed by atoms with Crippen LogP contribution in [0.3, 0.4) is 0 Å². The SMILES string of the molecule is Cn1ccc(CNC(=O)N(CC(N)=O)CC(=O)O)n1. The molecule has 0 unspecified atom stereocenters. The number of nitrogens with two attached hydrogens (primary N) is 1. The molecule has 0 aliphatic carbocycles. The Morgan fingerprint density at radius 3 is 2.63 bits per heavy atom. The molecule has 0 saturated carbocycles. The minimum Gasteiger partial charge on any atom is -0.480 e. The maximum Gasteiger partial charge on any atom is 0.323 e. The molecule has 0 saturated heterocycles. The second-order valence-corrected chi connectivity index (χ2v) is 3.86. The average molecular weight is 269 g/mol. The van der Waals surface area contributed by atoms with Crippen molar-refractivity contribution in [2.45, 2.75) is 6.54 Å². The summed E-state index contributed by atoms with van der Waals surface area (Å²) in [5.41, 5.74) is 5.56. The van der Waals surface area contributed by atoms with E-state index >= 15 is 0 Å². The summed E-state index contributed by atoms with van der Waals surface area (Å²) in [4.78, 5) is 33.9. The normalized spacial score (nSPS) is 9.95. The largest absolute Gasteiger partial charge is 0.480 e. The van der Waals surface area contributed by atoms with Crippen LogP contribution in [-0.2, 0) is 23.2 Å². The zero-order chi connectivity index (χ0) is 14.4. The highest BCUT2D eigenvalue weighted by Crippen LogP contribution is 1.95. The van der Waals surface area contributed by atoms with Crippen LogP contribution in [-0.4, -0.2) is 50.8 Å². The Labute approximate surface area is 109 Å². The van der Waals surface area contributed by atoms with E-state index in [4.69, 9.17) is 10.8 Å². The van der Waals surface area contributed by atoms with Crippen molar-refractivity contribution in [2.75, 3.05) is 13.1 Å². The van der Waals surface area contributed by atoms with Gasteiger partial charge < -0.3 is 21.1 Å². The van der Waals surface area contributed by atoms with E-state index in [0.717, 1.165) is 4.90 Å². The van der Waals surface area contributed by atoms with E-state index in [1.165, 1.54) is 0 Å². The van der Waals surface area contributed by atoms with Gasteiger partial charge in [0.15, 0.2) is 0 Å². The molecule has 0 radical (unpaired) electrons. The Balaban J connectivity index is 2.55. The lowest BCUT2D eigenvalue weighted by Crippen LogP contribution is -2.46. The molecule has 0 atom stereocenters. The molecule has 0 fully saturated rings. The lowest BCUT2D eigenvalue weighted by atomic mass is 10.4. The topological polar surface area (TPSA) is 131 Å². The summed E-state index contributed by atoms with van der Waals surface area (Å²) >= 11 is 0. The Hall–Kier alpha value is -2.58. The van der Waals surface area contributed by atoms with Crippen LogP contribution in [0.15, 0.2) is 12.3 Å². The predicted octanol–water partition coefficient (Wildman–Crippen LogP) is -1.50. The first-order valence-corrected chi connectivity index (χ1v) is 5.40. The van der Waals surface area contributed by atoms with Gasteiger partial charge in [-0.05, 0) is 6.07 Å². The number of nitrogens with one attached hydrogen (secondary N) is 1. The third kappa shape index (κ3) is 5.06. The number of aryl methyl sites for hydroxylation is 1. The van der Waals surface area contributed by atoms with E-state index in [1.807, 2.05) is 0 Å². The third-order valence-electron chi connectivity index (χ3n) is 2.15. The molecule has 0 aromatic carbocycles. The number of hydrogen-bond acceptors (Lipinski definition) is 4. The minimum absolute atomic E-state index is 0.133. The number of aromatic nitrogens is 2. The van der Waals surface area contributed by atoms with Crippen molar-refractivity contribution in [3.05, 3.63) is 18.0 Å². The van der Waals surface area contributed by atoms with Crippen molar-refractivity contribution in [3.8, 4) is 0 Å². The first-order chi connectivity index (χ1) is 8.88. The molecule has 1 rings (SSSR count). The van der Waals surface area contributed by atoms with Crippen LogP contribution in [0.5, 0.6) is 0 Å². The van der Waals surface area contributed by atoms with Crippen molar-refractivity contribution in [2.24, 2.45) is 12.8 Å². The number of carboxylic acid groups (broad SMARTS) is 1. The lowest BCUT2D eigenvalue weighted by molar-refractivity contribution is -0.137.